The zero-order chi connectivity index (χ0) is 23.0. The molecule has 0 aliphatic carbocycles. The summed E-state index contributed by atoms with van der Waals surface area (Å²) in [6.45, 7) is 3.35. The molecule has 0 radical (unpaired) electrons. The van der Waals surface area contributed by atoms with Gasteiger partial charge in [0.05, 0.1) is 32.5 Å². The predicted octanol–water partition coefficient (Wildman–Crippen LogP) is 0.467. The molecule has 1 aliphatic heterocycles. The molecular formula is C21H30O10. The largest absolute Gasteiger partial charge is 0.497 e. The molecule has 6 atom stereocenters. The highest BCUT2D eigenvalue weighted by Gasteiger charge is 2.40. The highest BCUT2D eigenvalue weighted by Crippen LogP contribution is 2.34. The van der Waals surface area contributed by atoms with Crippen LogP contribution in [-0.4, -0.2) is 78.1 Å². The van der Waals surface area contributed by atoms with E-state index in [2.05, 4.69) is 0 Å². The Hall–Kier alpha value is -2.24. The summed E-state index contributed by atoms with van der Waals surface area (Å²) in [5.41, 5.74) is 0.590. The van der Waals surface area contributed by atoms with Crippen molar-refractivity contribution in [3.05, 3.63) is 29.8 Å². The quantitative estimate of drug-likeness (QED) is 0.438. The van der Waals surface area contributed by atoms with Gasteiger partial charge in [0.25, 0.3) is 0 Å². The van der Waals surface area contributed by atoms with E-state index < -0.39 is 48.7 Å². The first-order valence-corrected chi connectivity index (χ1v) is 10.1. The van der Waals surface area contributed by atoms with Crippen molar-refractivity contribution in [3.8, 4) is 5.75 Å². The third-order valence-corrected chi connectivity index (χ3v) is 4.77. The Bertz CT molecular complexity index is 705. The molecule has 0 spiro atoms. The van der Waals surface area contributed by atoms with Crippen LogP contribution in [-0.2, 0) is 28.5 Å². The molecule has 3 N–H and O–H groups in total. The van der Waals surface area contributed by atoms with E-state index in [1.165, 1.54) is 7.11 Å². The summed E-state index contributed by atoms with van der Waals surface area (Å²) < 4.78 is 26.4. The summed E-state index contributed by atoms with van der Waals surface area (Å²) in [7, 11) is 1.53. The van der Waals surface area contributed by atoms with Gasteiger partial charge in [-0.15, -0.1) is 0 Å². The SMILES string of the molecule is CCOC(=O)[C@@H](O)[C@H](O)C[C@@H]1C[C@H]([C@H](O)C(=O)OCC)OC(c2ccc(OC)cc2)O1. The fourth-order valence-electron chi connectivity index (χ4n) is 3.17. The van der Waals surface area contributed by atoms with Gasteiger partial charge in [-0.25, -0.2) is 9.59 Å². The molecule has 10 nitrogen and oxygen atoms in total. The highest BCUT2D eigenvalue weighted by molar-refractivity contribution is 5.75. The minimum absolute atomic E-state index is 0.0270. The number of esters is 2. The zero-order valence-electron chi connectivity index (χ0n) is 17.8. The van der Waals surface area contributed by atoms with E-state index in [1.54, 1.807) is 38.1 Å². The van der Waals surface area contributed by atoms with E-state index >= 15 is 0 Å². The van der Waals surface area contributed by atoms with Crippen molar-refractivity contribution < 1.29 is 48.6 Å². The van der Waals surface area contributed by atoms with Crippen LogP contribution in [0.1, 0.15) is 38.5 Å². The van der Waals surface area contributed by atoms with E-state index in [9.17, 15) is 24.9 Å². The molecule has 1 aromatic rings. The minimum atomic E-state index is -1.75. The van der Waals surface area contributed by atoms with Gasteiger partial charge < -0.3 is 39.0 Å². The van der Waals surface area contributed by atoms with Crippen molar-refractivity contribution >= 4 is 11.9 Å². The highest BCUT2D eigenvalue weighted by atomic mass is 16.7. The molecule has 1 aromatic carbocycles. The van der Waals surface area contributed by atoms with Gasteiger partial charge >= 0.3 is 11.9 Å². The van der Waals surface area contributed by atoms with E-state index in [4.69, 9.17) is 23.7 Å². The van der Waals surface area contributed by atoms with Crippen LogP contribution in [0.4, 0.5) is 0 Å². The second-order valence-corrected chi connectivity index (χ2v) is 6.97. The Morgan fingerprint density at radius 3 is 2.23 bits per heavy atom. The third kappa shape index (κ3) is 6.88. The molecule has 1 unspecified atom stereocenters. The van der Waals surface area contributed by atoms with Crippen molar-refractivity contribution in [2.24, 2.45) is 0 Å². The van der Waals surface area contributed by atoms with Crippen LogP contribution >= 0.6 is 0 Å². The summed E-state index contributed by atoms with van der Waals surface area (Å²) in [5, 5.41) is 30.6. The van der Waals surface area contributed by atoms with Crippen LogP contribution in [0, 0.1) is 0 Å². The van der Waals surface area contributed by atoms with Gasteiger partial charge in [0, 0.05) is 18.4 Å². The lowest BCUT2D eigenvalue weighted by atomic mass is 9.97. The molecule has 0 amide bonds. The molecule has 1 fully saturated rings. The number of carbonyl (C=O) groups is 2. The second-order valence-electron chi connectivity index (χ2n) is 6.97. The lowest BCUT2D eigenvalue weighted by molar-refractivity contribution is -0.269. The average molecular weight is 442 g/mol. The first-order chi connectivity index (χ1) is 14.8. The van der Waals surface area contributed by atoms with Crippen molar-refractivity contribution in [3.63, 3.8) is 0 Å². The van der Waals surface area contributed by atoms with Gasteiger partial charge in [0.1, 0.15) is 11.9 Å². The number of hydrogen-bond acceptors (Lipinski definition) is 10. The predicted molar refractivity (Wildman–Crippen MR) is 106 cm³/mol. The monoisotopic (exact) mass is 442 g/mol. The summed E-state index contributed by atoms with van der Waals surface area (Å²) in [5.74, 6) is -1.17. The fourth-order valence-corrected chi connectivity index (χ4v) is 3.17. The minimum Gasteiger partial charge on any atom is -0.497 e. The molecule has 0 saturated carbocycles. The van der Waals surface area contributed by atoms with Crippen LogP contribution in [0.5, 0.6) is 5.75 Å². The van der Waals surface area contributed by atoms with Crippen LogP contribution in [0.2, 0.25) is 0 Å². The number of carbonyl (C=O) groups excluding carboxylic acids is 2. The van der Waals surface area contributed by atoms with Crippen molar-refractivity contribution in [2.45, 2.75) is 63.5 Å². The van der Waals surface area contributed by atoms with E-state index in [0.29, 0.717) is 11.3 Å². The number of aliphatic hydroxyl groups excluding tert-OH is 3. The van der Waals surface area contributed by atoms with Crippen LogP contribution in [0.25, 0.3) is 0 Å². The molecular weight excluding hydrogens is 412 g/mol. The Kier molecular flexibility index (Phi) is 9.66. The van der Waals surface area contributed by atoms with Crippen LogP contribution in [0.3, 0.4) is 0 Å². The molecule has 1 saturated heterocycles. The summed E-state index contributed by atoms with van der Waals surface area (Å²) in [6, 6.07) is 6.79. The fraction of sp³-hybridized carbons (Fsp3) is 0.619. The van der Waals surface area contributed by atoms with Crippen molar-refractivity contribution in [2.75, 3.05) is 20.3 Å². The molecule has 174 valence electrons. The zero-order valence-corrected chi connectivity index (χ0v) is 17.8. The molecule has 2 rings (SSSR count). The van der Waals surface area contributed by atoms with Gasteiger partial charge in [-0.1, -0.05) is 12.1 Å². The van der Waals surface area contributed by atoms with E-state index in [0.717, 1.165) is 0 Å². The number of ether oxygens (including phenoxy) is 5. The lowest BCUT2D eigenvalue weighted by Crippen LogP contribution is -2.46. The normalized spacial score (nSPS) is 24.0. The average Bonchev–Trinajstić information content (AvgIpc) is 2.78. The first-order valence-electron chi connectivity index (χ1n) is 10.1. The number of rotatable bonds is 10. The van der Waals surface area contributed by atoms with Crippen molar-refractivity contribution in [1.29, 1.82) is 0 Å². The molecule has 10 heteroatoms. The van der Waals surface area contributed by atoms with Gasteiger partial charge in [0.15, 0.2) is 18.5 Å². The smallest absolute Gasteiger partial charge is 0.337 e. The van der Waals surface area contributed by atoms with Gasteiger partial charge in [-0.2, -0.15) is 0 Å². The maximum absolute atomic E-state index is 12.0. The Morgan fingerprint density at radius 1 is 1.03 bits per heavy atom. The standard InChI is InChI=1S/C21H30O10/c1-4-28-19(25)17(23)15(22)10-14-11-16(18(24)20(26)29-5-2)31-21(30-14)12-6-8-13(27-3)9-7-12/h6-9,14-18,21-24H,4-5,10-11H2,1-3H3/t14-,15-,16-,17+,18+,21?/m1/s1. The molecule has 0 bridgehead atoms. The maximum Gasteiger partial charge on any atom is 0.337 e. The molecule has 0 aromatic heterocycles. The third-order valence-electron chi connectivity index (χ3n) is 4.77. The number of methoxy groups -OCH3 is 1. The van der Waals surface area contributed by atoms with Crippen molar-refractivity contribution in [1.82, 2.24) is 0 Å². The van der Waals surface area contributed by atoms with Gasteiger partial charge in [-0.05, 0) is 26.0 Å². The molecule has 31 heavy (non-hydrogen) atoms. The lowest BCUT2D eigenvalue weighted by Gasteiger charge is -2.38. The number of benzene rings is 1. The first kappa shape index (κ1) is 25.0. The summed E-state index contributed by atoms with van der Waals surface area (Å²) in [4.78, 5) is 23.7. The Balaban J connectivity index is 2.17. The second kappa shape index (κ2) is 12.0. The van der Waals surface area contributed by atoms with Gasteiger partial charge in [-0.3, -0.25) is 0 Å². The summed E-state index contributed by atoms with van der Waals surface area (Å²) in [6.07, 6.45) is -7.62. The van der Waals surface area contributed by atoms with Gasteiger partial charge in [0.2, 0.25) is 0 Å². The molecule has 1 heterocycles. The topological polar surface area (TPSA) is 141 Å². The Labute approximate surface area is 180 Å². The maximum atomic E-state index is 12.0. The summed E-state index contributed by atoms with van der Waals surface area (Å²) >= 11 is 0. The van der Waals surface area contributed by atoms with E-state index in [1.807, 2.05) is 0 Å². The Morgan fingerprint density at radius 2 is 1.65 bits per heavy atom. The number of hydrogen-bond donors (Lipinski definition) is 3. The van der Waals surface area contributed by atoms with Crippen LogP contribution in [0.15, 0.2) is 24.3 Å². The number of aliphatic hydroxyl groups is 3. The van der Waals surface area contributed by atoms with Crippen LogP contribution < -0.4 is 4.74 Å². The van der Waals surface area contributed by atoms with E-state index in [-0.39, 0.29) is 26.1 Å². The molecule has 1 aliphatic rings.